The highest BCUT2D eigenvalue weighted by Crippen LogP contribution is 2.42. The van der Waals surface area contributed by atoms with Crippen LogP contribution in [0, 0.1) is 0 Å². The number of hydrogen-bond acceptors (Lipinski definition) is 5. The molecule has 11 heteroatoms. The number of alkyl halides is 3. The fourth-order valence-electron chi connectivity index (χ4n) is 3.81. The Morgan fingerprint density at radius 1 is 1.19 bits per heavy atom. The van der Waals surface area contributed by atoms with E-state index in [0.29, 0.717) is 5.82 Å². The molecule has 0 unspecified atom stereocenters. The monoisotopic (exact) mass is 445 g/mol. The molecule has 1 fully saturated rings. The number of fused-ring (bicyclic) bond motifs is 1. The molecule has 0 radical (unpaired) electrons. The quantitative estimate of drug-likeness (QED) is 0.344. The molecule has 0 aromatic carbocycles. The molecule has 4 aromatic rings. The van der Waals surface area contributed by atoms with E-state index in [1.807, 2.05) is 52.9 Å². The Kier molecular flexibility index (Phi) is 4.48. The smallest absolute Gasteiger partial charge is 0.341 e. The molecular formula is C20H18F3N7S. The molecule has 0 aliphatic carbocycles. The van der Waals surface area contributed by atoms with Gasteiger partial charge in [0.05, 0.1) is 17.4 Å². The number of rotatable bonds is 5. The molecule has 0 spiro atoms. The number of aromatic nitrogens is 6. The highest BCUT2D eigenvalue weighted by atomic mass is 32.2. The van der Waals surface area contributed by atoms with E-state index in [9.17, 15) is 13.2 Å². The van der Waals surface area contributed by atoms with Gasteiger partial charge in [-0.2, -0.15) is 18.3 Å². The molecule has 5 rings (SSSR count). The lowest BCUT2D eigenvalue weighted by Crippen LogP contribution is -2.58. The Bertz CT molecular complexity index is 1260. The summed E-state index contributed by atoms with van der Waals surface area (Å²) < 4.78 is 44.8. The van der Waals surface area contributed by atoms with Crippen LogP contribution in [0.3, 0.4) is 0 Å². The number of hydrogen-bond donors (Lipinski definition) is 0. The van der Waals surface area contributed by atoms with Crippen molar-refractivity contribution in [3.05, 3.63) is 62.0 Å². The van der Waals surface area contributed by atoms with Gasteiger partial charge in [0.1, 0.15) is 11.5 Å². The maximum absolute atomic E-state index is 12.7. The number of imidazole rings is 1. The summed E-state index contributed by atoms with van der Waals surface area (Å²) in [6.45, 7) is 4.31. The zero-order valence-electron chi connectivity index (χ0n) is 16.5. The summed E-state index contributed by atoms with van der Waals surface area (Å²) in [5.41, 5.74) is -1.70. The predicted molar refractivity (Wildman–Crippen MR) is 112 cm³/mol. The molecular weight excluding hydrogens is 427 g/mol. The average molecular weight is 445 g/mol. The molecule has 160 valence electrons. The van der Waals surface area contributed by atoms with Crippen molar-refractivity contribution >= 4 is 17.6 Å². The normalized spacial score (nSPS) is 16.5. The zero-order chi connectivity index (χ0) is 21.8. The second kappa shape index (κ2) is 6.99. The maximum Gasteiger partial charge on any atom is 0.456 e. The molecule has 0 N–H and O–H groups in total. The van der Waals surface area contributed by atoms with Gasteiger partial charge in [-0.1, -0.05) is 6.08 Å². The van der Waals surface area contributed by atoms with Gasteiger partial charge in [-0.25, -0.2) is 14.3 Å². The minimum atomic E-state index is -4.29. The van der Waals surface area contributed by atoms with E-state index in [2.05, 4.69) is 16.7 Å². The lowest BCUT2D eigenvalue weighted by molar-refractivity contribution is -0.0397. The van der Waals surface area contributed by atoms with Gasteiger partial charge in [-0.15, -0.1) is 6.58 Å². The molecule has 0 amide bonds. The largest absolute Gasteiger partial charge is 0.456 e. The van der Waals surface area contributed by atoms with E-state index >= 15 is 0 Å². The molecule has 1 saturated heterocycles. The molecule has 1 aliphatic rings. The topological polar surface area (TPSA) is 56.2 Å². The third kappa shape index (κ3) is 3.53. The van der Waals surface area contributed by atoms with Gasteiger partial charge in [-0.05, 0) is 6.07 Å². The average Bonchev–Trinajstić information content (AvgIpc) is 3.42. The van der Waals surface area contributed by atoms with Gasteiger partial charge in [0.15, 0.2) is 0 Å². The van der Waals surface area contributed by atoms with Crippen LogP contribution >= 0.6 is 11.9 Å². The fourth-order valence-corrected chi connectivity index (χ4v) is 4.68. The van der Waals surface area contributed by atoms with Crippen LogP contribution in [0.4, 0.5) is 13.2 Å². The van der Waals surface area contributed by atoms with E-state index in [-0.39, 0.29) is 25.0 Å². The summed E-state index contributed by atoms with van der Waals surface area (Å²) in [5, 5.41) is 4.21. The van der Waals surface area contributed by atoms with Crippen LogP contribution in [0.1, 0.15) is 0 Å². The summed E-state index contributed by atoms with van der Waals surface area (Å²) in [6.07, 6.45) is 12.6. The first-order chi connectivity index (χ1) is 14.8. The fraction of sp³-hybridized carbons (Fsp3) is 0.250. The van der Waals surface area contributed by atoms with Crippen LogP contribution in [0.25, 0.3) is 28.3 Å². The van der Waals surface area contributed by atoms with Crippen LogP contribution in [0.5, 0.6) is 0 Å². The van der Waals surface area contributed by atoms with Crippen molar-refractivity contribution in [1.82, 2.24) is 33.0 Å². The molecule has 1 aliphatic heterocycles. The van der Waals surface area contributed by atoms with Gasteiger partial charge in [0.25, 0.3) is 0 Å². The van der Waals surface area contributed by atoms with Gasteiger partial charge >= 0.3 is 5.51 Å². The first kappa shape index (κ1) is 19.9. The van der Waals surface area contributed by atoms with Crippen LogP contribution in [-0.2, 0) is 12.6 Å². The van der Waals surface area contributed by atoms with Crippen LogP contribution in [0.2, 0.25) is 0 Å². The van der Waals surface area contributed by atoms with Gasteiger partial charge in [0.2, 0.25) is 0 Å². The molecule has 0 saturated carbocycles. The van der Waals surface area contributed by atoms with E-state index in [1.165, 1.54) is 4.31 Å². The standard InChI is InChI=1S/C20H18F3N7S/c1-3-19(12-29(13-19)31-20(21,22)23)28-6-4-14(11-28)18-26-16(15-9-25-27(2)10-15)8-17-24-5-7-30(17)18/h3-11H,1,12-13H2,2H3. The summed E-state index contributed by atoms with van der Waals surface area (Å²) in [5.74, 6) is 0.688. The Hall–Kier alpha value is -3.05. The molecule has 5 heterocycles. The number of aryl methyl sites for hydroxylation is 1. The van der Waals surface area contributed by atoms with E-state index < -0.39 is 11.0 Å². The lowest BCUT2D eigenvalue weighted by Gasteiger charge is -2.48. The van der Waals surface area contributed by atoms with Crippen LogP contribution in [-0.4, -0.2) is 51.6 Å². The van der Waals surface area contributed by atoms with E-state index in [1.54, 1.807) is 23.2 Å². The Morgan fingerprint density at radius 2 is 2.00 bits per heavy atom. The highest BCUT2D eigenvalue weighted by Gasteiger charge is 2.47. The Labute approximate surface area is 180 Å². The van der Waals surface area contributed by atoms with Crippen LogP contribution < -0.4 is 0 Å². The summed E-state index contributed by atoms with van der Waals surface area (Å²) >= 11 is -0.0968. The Morgan fingerprint density at radius 3 is 2.68 bits per heavy atom. The molecule has 4 aromatic heterocycles. The highest BCUT2D eigenvalue weighted by molar-refractivity contribution is 7.97. The van der Waals surface area contributed by atoms with E-state index in [0.717, 1.165) is 22.5 Å². The van der Waals surface area contributed by atoms with Gasteiger partial charge in [-0.3, -0.25) is 9.08 Å². The SMILES string of the molecule is C=CC1(n2ccc(-c3nc(-c4cnn(C)c4)cc4nccn34)c2)CN(SC(F)(F)F)C1. The third-order valence-electron chi connectivity index (χ3n) is 5.37. The molecule has 0 bridgehead atoms. The second-order valence-corrected chi connectivity index (χ2v) is 8.64. The van der Waals surface area contributed by atoms with Crippen molar-refractivity contribution in [2.45, 2.75) is 11.0 Å². The maximum atomic E-state index is 12.7. The summed E-state index contributed by atoms with van der Waals surface area (Å²) in [4.78, 5) is 9.22. The van der Waals surface area contributed by atoms with Crippen molar-refractivity contribution in [3.8, 4) is 22.6 Å². The number of halogens is 3. The molecule has 7 nitrogen and oxygen atoms in total. The van der Waals surface area contributed by atoms with Crippen LogP contribution in [0.15, 0.2) is 62.0 Å². The van der Waals surface area contributed by atoms with Gasteiger partial charge < -0.3 is 4.57 Å². The summed E-state index contributed by atoms with van der Waals surface area (Å²) in [6, 6.07) is 3.79. The minimum Gasteiger partial charge on any atom is -0.341 e. The second-order valence-electron chi connectivity index (χ2n) is 7.47. The summed E-state index contributed by atoms with van der Waals surface area (Å²) in [7, 11) is 1.84. The van der Waals surface area contributed by atoms with Crippen molar-refractivity contribution in [3.63, 3.8) is 0 Å². The van der Waals surface area contributed by atoms with Crippen molar-refractivity contribution in [1.29, 1.82) is 0 Å². The third-order valence-corrected chi connectivity index (χ3v) is 6.09. The first-order valence-electron chi connectivity index (χ1n) is 9.43. The minimum absolute atomic E-state index is 0.0968. The molecule has 31 heavy (non-hydrogen) atoms. The zero-order valence-corrected chi connectivity index (χ0v) is 17.3. The first-order valence-corrected chi connectivity index (χ1v) is 10.2. The lowest BCUT2D eigenvalue weighted by atomic mass is 9.92. The van der Waals surface area contributed by atoms with Gasteiger partial charge in [0, 0.05) is 80.3 Å². The van der Waals surface area contributed by atoms with Crippen molar-refractivity contribution < 1.29 is 13.2 Å². The number of nitrogens with zero attached hydrogens (tertiary/aromatic N) is 7. The molecule has 0 atom stereocenters. The predicted octanol–water partition coefficient (Wildman–Crippen LogP) is 3.96. The van der Waals surface area contributed by atoms with Crippen molar-refractivity contribution in [2.75, 3.05) is 13.1 Å². The Balaban J connectivity index is 1.50. The van der Waals surface area contributed by atoms with Crippen molar-refractivity contribution in [2.24, 2.45) is 7.05 Å². The van der Waals surface area contributed by atoms with E-state index in [4.69, 9.17) is 4.98 Å².